The number of hydrogen-bond acceptors (Lipinski definition) is 3. The van der Waals surface area contributed by atoms with Gasteiger partial charge in [-0.25, -0.2) is 0 Å². The quantitative estimate of drug-likeness (QED) is 0.759. The van der Waals surface area contributed by atoms with Crippen LogP contribution in [0, 0.1) is 5.92 Å². The Labute approximate surface area is 138 Å². The summed E-state index contributed by atoms with van der Waals surface area (Å²) in [5.41, 5.74) is 1.84. The number of carbonyl (C=O) groups is 1. The van der Waals surface area contributed by atoms with Crippen molar-refractivity contribution in [1.29, 1.82) is 0 Å². The van der Waals surface area contributed by atoms with Gasteiger partial charge in [0.05, 0.1) is 17.5 Å². The first-order valence-corrected chi connectivity index (χ1v) is 8.20. The van der Waals surface area contributed by atoms with Crippen molar-refractivity contribution in [3.05, 3.63) is 49.6 Å². The molecule has 4 heteroatoms. The number of piperidine rings is 1. The molecule has 1 aliphatic heterocycles. The van der Waals surface area contributed by atoms with Crippen molar-refractivity contribution in [2.24, 2.45) is 5.92 Å². The minimum absolute atomic E-state index is 0.00528. The maximum Gasteiger partial charge on any atom is 0.228 e. The number of hydrogen-bond donors (Lipinski definition) is 2. The number of para-hydroxylation sites is 2. The van der Waals surface area contributed by atoms with E-state index in [1.54, 1.807) is 12.2 Å². The molecule has 0 bridgehead atoms. The van der Waals surface area contributed by atoms with Crippen molar-refractivity contribution in [2.75, 3.05) is 23.3 Å². The number of allylic oxidation sites excluding steroid dienone is 2. The van der Waals surface area contributed by atoms with Crippen LogP contribution in [0.1, 0.15) is 25.7 Å². The third kappa shape index (κ3) is 4.70. The van der Waals surface area contributed by atoms with Crippen LogP contribution in [0.15, 0.2) is 49.6 Å². The molecular weight excluding hydrogens is 288 g/mol. The number of aliphatic hydroxyl groups is 1. The average Bonchev–Trinajstić information content (AvgIpc) is 2.56. The second kappa shape index (κ2) is 8.53. The van der Waals surface area contributed by atoms with Crippen LogP contribution in [-0.2, 0) is 4.79 Å². The van der Waals surface area contributed by atoms with E-state index in [-0.39, 0.29) is 17.9 Å². The summed E-state index contributed by atoms with van der Waals surface area (Å²) in [5, 5.41) is 12.7. The van der Waals surface area contributed by atoms with Gasteiger partial charge in [-0.05, 0) is 37.8 Å². The number of nitrogens with zero attached hydrogens (tertiary/aromatic N) is 1. The zero-order valence-electron chi connectivity index (χ0n) is 13.6. The first-order valence-electron chi connectivity index (χ1n) is 8.20. The van der Waals surface area contributed by atoms with Gasteiger partial charge in [0, 0.05) is 19.0 Å². The highest BCUT2D eigenvalue weighted by Gasteiger charge is 2.21. The van der Waals surface area contributed by atoms with Gasteiger partial charge in [0.25, 0.3) is 0 Å². The van der Waals surface area contributed by atoms with Crippen LogP contribution in [0.3, 0.4) is 0 Å². The number of rotatable bonds is 7. The molecule has 1 amide bonds. The molecule has 0 atom stereocenters. The van der Waals surface area contributed by atoms with E-state index in [0.29, 0.717) is 12.8 Å². The standard InChI is InChI=1S/C19H26N2O2/c1-3-7-15(8-4-2)19(23)20-17-9-5-6-10-18(17)21-13-11-16(22)12-14-21/h3-6,9-10,15-16,22H,1-2,7-8,11-14H2,(H,20,23). The Kier molecular flexibility index (Phi) is 6.41. The summed E-state index contributed by atoms with van der Waals surface area (Å²) in [4.78, 5) is 14.7. The van der Waals surface area contributed by atoms with Crippen molar-refractivity contribution in [2.45, 2.75) is 31.8 Å². The number of nitrogens with one attached hydrogen (secondary N) is 1. The van der Waals surface area contributed by atoms with Gasteiger partial charge in [-0.2, -0.15) is 0 Å². The van der Waals surface area contributed by atoms with E-state index in [0.717, 1.165) is 37.3 Å². The van der Waals surface area contributed by atoms with Crippen LogP contribution < -0.4 is 10.2 Å². The molecule has 0 radical (unpaired) electrons. The Morgan fingerprint density at radius 3 is 2.48 bits per heavy atom. The highest BCUT2D eigenvalue weighted by Crippen LogP contribution is 2.29. The van der Waals surface area contributed by atoms with Crippen molar-refractivity contribution >= 4 is 17.3 Å². The lowest BCUT2D eigenvalue weighted by atomic mass is 10.00. The van der Waals surface area contributed by atoms with Crippen LogP contribution in [0.2, 0.25) is 0 Å². The molecule has 4 nitrogen and oxygen atoms in total. The zero-order valence-corrected chi connectivity index (χ0v) is 13.6. The predicted molar refractivity (Wildman–Crippen MR) is 95.6 cm³/mol. The first-order chi connectivity index (χ1) is 11.2. The number of benzene rings is 1. The Morgan fingerprint density at radius 1 is 1.26 bits per heavy atom. The van der Waals surface area contributed by atoms with E-state index < -0.39 is 0 Å². The van der Waals surface area contributed by atoms with Gasteiger partial charge >= 0.3 is 0 Å². The molecule has 0 spiro atoms. The van der Waals surface area contributed by atoms with E-state index in [9.17, 15) is 9.90 Å². The number of anilines is 2. The molecule has 0 aliphatic carbocycles. The smallest absolute Gasteiger partial charge is 0.228 e. The zero-order chi connectivity index (χ0) is 16.7. The molecule has 2 rings (SSSR count). The van der Waals surface area contributed by atoms with E-state index in [1.165, 1.54) is 0 Å². The van der Waals surface area contributed by atoms with Crippen molar-refractivity contribution in [1.82, 2.24) is 0 Å². The van der Waals surface area contributed by atoms with E-state index in [4.69, 9.17) is 0 Å². The molecule has 0 aromatic heterocycles. The molecule has 1 aromatic carbocycles. The molecule has 1 fully saturated rings. The molecule has 1 aromatic rings. The Hall–Kier alpha value is -2.07. The fraction of sp³-hybridized carbons (Fsp3) is 0.421. The van der Waals surface area contributed by atoms with Gasteiger partial charge < -0.3 is 15.3 Å². The minimum Gasteiger partial charge on any atom is -0.393 e. The maximum atomic E-state index is 12.5. The second-order valence-electron chi connectivity index (χ2n) is 5.97. The normalized spacial score (nSPS) is 15.5. The van der Waals surface area contributed by atoms with E-state index >= 15 is 0 Å². The van der Waals surface area contributed by atoms with Gasteiger partial charge in [-0.3, -0.25) is 4.79 Å². The van der Waals surface area contributed by atoms with Gasteiger partial charge in [-0.1, -0.05) is 24.3 Å². The second-order valence-corrected chi connectivity index (χ2v) is 5.97. The molecule has 1 saturated heterocycles. The Balaban J connectivity index is 2.11. The van der Waals surface area contributed by atoms with Gasteiger partial charge in [0.2, 0.25) is 5.91 Å². The Morgan fingerprint density at radius 2 is 1.87 bits per heavy atom. The van der Waals surface area contributed by atoms with E-state index in [2.05, 4.69) is 23.4 Å². The van der Waals surface area contributed by atoms with Gasteiger partial charge in [0.1, 0.15) is 0 Å². The van der Waals surface area contributed by atoms with Crippen LogP contribution in [0.4, 0.5) is 11.4 Å². The third-order valence-electron chi connectivity index (χ3n) is 4.24. The summed E-state index contributed by atoms with van der Waals surface area (Å²) in [6, 6.07) is 7.84. The number of carbonyl (C=O) groups excluding carboxylic acids is 1. The van der Waals surface area contributed by atoms with E-state index in [1.807, 2.05) is 24.3 Å². The molecule has 124 valence electrons. The van der Waals surface area contributed by atoms with Crippen LogP contribution in [0.5, 0.6) is 0 Å². The van der Waals surface area contributed by atoms with Gasteiger partial charge in [-0.15, -0.1) is 13.2 Å². The lowest BCUT2D eigenvalue weighted by molar-refractivity contribution is -0.119. The van der Waals surface area contributed by atoms with Crippen molar-refractivity contribution < 1.29 is 9.90 Å². The minimum atomic E-state index is -0.211. The molecule has 23 heavy (non-hydrogen) atoms. The molecule has 0 saturated carbocycles. The molecule has 2 N–H and O–H groups in total. The predicted octanol–water partition coefficient (Wildman–Crippen LogP) is 3.35. The summed E-state index contributed by atoms with van der Waals surface area (Å²) in [6.07, 6.45) is 6.12. The summed E-state index contributed by atoms with van der Waals surface area (Å²) in [7, 11) is 0. The van der Waals surface area contributed by atoms with Gasteiger partial charge in [0.15, 0.2) is 0 Å². The van der Waals surface area contributed by atoms with Crippen LogP contribution >= 0.6 is 0 Å². The first kappa shape index (κ1) is 17.3. The molecule has 1 aliphatic rings. The summed E-state index contributed by atoms with van der Waals surface area (Å²) >= 11 is 0. The molecular formula is C19H26N2O2. The fourth-order valence-electron chi connectivity index (χ4n) is 2.91. The number of amides is 1. The lowest BCUT2D eigenvalue weighted by Gasteiger charge is -2.33. The summed E-state index contributed by atoms with van der Waals surface area (Å²) in [5.74, 6) is -0.143. The molecule has 1 heterocycles. The van der Waals surface area contributed by atoms with Crippen LogP contribution in [0.25, 0.3) is 0 Å². The van der Waals surface area contributed by atoms with Crippen molar-refractivity contribution in [3.63, 3.8) is 0 Å². The lowest BCUT2D eigenvalue weighted by Crippen LogP contribution is -2.36. The third-order valence-corrected chi connectivity index (χ3v) is 4.24. The highest BCUT2D eigenvalue weighted by atomic mass is 16.3. The SMILES string of the molecule is C=CCC(CC=C)C(=O)Nc1ccccc1N1CCC(O)CC1. The fourth-order valence-corrected chi connectivity index (χ4v) is 2.91. The topological polar surface area (TPSA) is 52.6 Å². The maximum absolute atomic E-state index is 12.5. The van der Waals surface area contributed by atoms with Crippen molar-refractivity contribution in [3.8, 4) is 0 Å². The summed E-state index contributed by atoms with van der Waals surface area (Å²) < 4.78 is 0. The monoisotopic (exact) mass is 314 g/mol. The average molecular weight is 314 g/mol. The largest absolute Gasteiger partial charge is 0.393 e. The van der Waals surface area contributed by atoms with Crippen LogP contribution in [-0.4, -0.2) is 30.2 Å². The highest BCUT2D eigenvalue weighted by molar-refractivity contribution is 5.96. The Bertz CT molecular complexity index is 538. The summed E-state index contributed by atoms with van der Waals surface area (Å²) in [6.45, 7) is 9.05. The molecule has 0 unspecified atom stereocenters. The number of aliphatic hydroxyl groups excluding tert-OH is 1.